The van der Waals surface area contributed by atoms with Crippen molar-refractivity contribution in [3.05, 3.63) is 48.2 Å². The summed E-state index contributed by atoms with van der Waals surface area (Å²) in [7, 11) is 1.50. The topological polar surface area (TPSA) is 39.4 Å². The summed E-state index contributed by atoms with van der Waals surface area (Å²) in [6.45, 7) is 0. The van der Waals surface area contributed by atoms with Crippen LogP contribution >= 0.6 is 0 Å². The van der Waals surface area contributed by atoms with Crippen molar-refractivity contribution in [2.45, 2.75) is 6.18 Å². The monoisotopic (exact) mass is 293 g/mol. The number of hydrogen-bond acceptors (Lipinski definition) is 3. The molecule has 0 aliphatic heterocycles. The third kappa shape index (κ3) is 2.42. The maximum atomic E-state index is 13.0. The van der Waals surface area contributed by atoms with E-state index in [0.717, 1.165) is 6.07 Å². The molecule has 0 bridgehead atoms. The summed E-state index contributed by atoms with van der Waals surface area (Å²) >= 11 is 0. The summed E-state index contributed by atoms with van der Waals surface area (Å²) in [5.74, 6) is 0.569. The van der Waals surface area contributed by atoms with Crippen LogP contribution in [0.25, 0.3) is 17.0 Å². The first-order chi connectivity index (χ1) is 9.99. The molecule has 7 heteroatoms. The molecule has 0 saturated heterocycles. The second kappa shape index (κ2) is 4.76. The molecule has 0 N–H and O–H groups in total. The molecule has 3 aromatic rings. The third-order valence-corrected chi connectivity index (χ3v) is 3.01. The van der Waals surface area contributed by atoms with E-state index >= 15 is 0 Å². The van der Waals surface area contributed by atoms with E-state index in [2.05, 4.69) is 10.1 Å². The Bertz CT molecular complexity index is 796. The summed E-state index contributed by atoms with van der Waals surface area (Å²) in [6, 6.07) is 8.54. The molecule has 0 aliphatic rings. The molecule has 2 heterocycles. The SMILES string of the molecule is COc1ccc2nc(-c3ccccc3C(F)(F)F)nn2c1. The van der Waals surface area contributed by atoms with Crippen molar-refractivity contribution in [3.8, 4) is 17.1 Å². The van der Waals surface area contributed by atoms with E-state index in [1.807, 2.05) is 0 Å². The molecule has 0 unspecified atom stereocenters. The predicted molar refractivity (Wildman–Crippen MR) is 70.0 cm³/mol. The van der Waals surface area contributed by atoms with Gasteiger partial charge < -0.3 is 4.74 Å². The number of alkyl halides is 3. The lowest BCUT2D eigenvalue weighted by Gasteiger charge is -2.09. The van der Waals surface area contributed by atoms with E-state index < -0.39 is 11.7 Å². The summed E-state index contributed by atoms with van der Waals surface area (Å²) in [4.78, 5) is 4.13. The summed E-state index contributed by atoms with van der Waals surface area (Å²) in [5, 5.41) is 4.09. The molecule has 0 aliphatic carbocycles. The molecule has 0 fully saturated rings. The van der Waals surface area contributed by atoms with Crippen molar-refractivity contribution in [1.29, 1.82) is 0 Å². The van der Waals surface area contributed by atoms with Gasteiger partial charge in [0.1, 0.15) is 5.75 Å². The molecule has 21 heavy (non-hydrogen) atoms. The number of ether oxygens (including phenoxy) is 1. The molecule has 108 valence electrons. The van der Waals surface area contributed by atoms with E-state index in [4.69, 9.17) is 4.74 Å². The maximum Gasteiger partial charge on any atom is 0.417 e. The number of hydrogen-bond donors (Lipinski definition) is 0. The zero-order valence-corrected chi connectivity index (χ0v) is 10.9. The van der Waals surface area contributed by atoms with Gasteiger partial charge >= 0.3 is 6.18 Å². The molecule has 0 spiro atoms. The predicted octanol–water partition coefficient (Wildman–Crippen LogP) is 3.42. The number of methoxy groups -OCH3 is 1. The van der Waals surface area contributed by atoms with Crippen LogP contribution in [-0.4, -0.2) is 21.7 Å². The minimum absolute atomic E-state index is 0.0242. The quantitative estimate of drug-likeness (QED) is 0.726. The van der Waals surface area contributed by atoms with Crippen molar-refractivity contribution in [2.75, 3.05) is 7.11 Å². The van der Waals surface area contributed by atoms with E-state index in [1.165, 1.54) is 29.8 Å². The Kier molecular flexibility index (Phi) is 3.04. The van der Waals surface area contributed by atoms with Crippen LogP contribution in [0.3, 0.4) is 0 Å². The van der Waals surface area contributed by atoms with Gasteiger partial charge in [0.2, 0.25) is 0 Å². The van der Waals surface area contributed by atoms with Crippen LogP contribution in [0.15, 0.2) is 42.6 Å². The Hall–Kier alpha value is -2.57. The highest BCUT2D eigenvalue weighted by Crippen LogP contribution is 2.35. The first-order valence-corrected chi connectivity index (χ1v) is 6.06. The minimum Gasteiger partial charge on any atom is -0.495 e. The number of fused-ring (bicyclic) bond motifs is 1. The van der Waals surface area contributed by atoms with Crippen LogP contribution in [0.1, 0.15) is 5.56 Å². The maximum absolute atomic E-state index is 13.0. The van der Waals surface area contributed by atoms with E-state index in [0.29, 0.717) is 11.4 Å². The number of aromatic nitrogens is 3. The molecular formula is C14H10F3N3O. The van der Waals surface area contributed by atoms with Gasteiger partial charge in [0.15, 0.2) is 11.5 Å². The van der Waals surface area contributed by atoms with Gasteiger partial charge in [-0.05, 0) is 18.2 Å². The van der Waals surface area contributed by atoms with Crippen LogP contribution in [0.2, 0.25) is 0 Å². The second-order valence-electron chi connectivity index (χ2n) is 4.35. The number of nitrogens with zero attached hydrogens (tertiary/aromatic N) is 3. The van der Waals surface area contributed by atoms with Crippen LogP contribution in [-0.2, 0) is 6.18 Å². The lowest BCUT2D eigenvalue weighted by molar-refractivity contribution is -0.137. The van der Waals surface area contributed by atoms with Crippen LogP contribution in [0.5, 0.6) is 5.75 Å². The Balaban J connectivity index is 2.17. The molecule has 3 rings (SSSR count). The summed E-state index contributed by atoms with van der Waals surface area (Å²) < 4.78 is 45.5. The van der Waals surface area contributed by atoms with Crippen molar-refractivity contribution in [2.24, 2.45) is 0 Å². The lowest BCUT2D eigenvalue weighted by atomic mass is 10.1. The van der Waals surface area contributed by atoms with Crippen molar-refractivity contribution in [1.82, 2.24) is 14.6 Å². The molecule has 1 aromatic carbocycles. The largest absolute Gasteiger partial charge is 0.495 e. The molecular weight excluding hydrogens is 283 g/mol. The highest BCUT2D eigenvalue weighted by Gasteiger charge is 2.34. The van der Waals surface area contributed by atoms with Gasteiger partial charge in [-0.1, -0.05) is 18.2 Å². The highest BCUT2D eigenvalue weighted by molar-refractivity contribution is 5.63. The van der Waals surface area contributed by atoms with Gasteiger partial charge in [0.05, 0.1) is 18.9 Å². The molecule has 2 aromatic heterocycles. The Morgan fingerprint density at radius 1 is 1.10 bits per heavy atom. The first kappa shape index (κ1) is 13.4. The molecule has 0 radical (unpaired) electrons. The Labute approximate surface area is 117 Å². The van der Waals surface area contributed by atoms with Gasteiger partial charge in [-0.3, -0.25) is 0 Å². The number of rotatable bonds is 2. The first-order valence-electron chi connectivity index (χ1n) is 6.06. The minimum atomic E-state index is -4.45. The fourth-order valence-electron chi connectivity index (χ4n) is 2.02. The van der Waals surface area contributed by atoms with Crippen LogP contribution in [0.4, 0.5) is 13.2 Å². The van der Waals surface area contributed by atoms with Gasteiger partial charge in [-0.2, -0.15) is 13.2 Å². The number of benzene rings is 1. The van der Waals surface area contributed by atoms with E-state index in [-0.39, 0.29) is 11.4 Å². The standard InChI is InChI=1S/C14H10F3N3O/c1-21-9-6-7-12-18-13(19-20(12)8-9)10-4-2-3-5-11(10)14(15,16)17/h2-8H,1H3. The van der Waals surface area contributed by atoms with E-state index in [1.54, 1.807) is 18.3 Å². The van der Waals surface area contributed by atoms with Gasteiger partial charge in [-0.15, -0.1) is 5.10 Å². The number of pyridine rings is 1. The van der Waals surface area contributed by atoms with Crippen molar-refractivity contribution >= 4 is 5.65 Å². The fourth-order valence-corrected chi connectivity index (χ4v) is 2.02. The van der Waals surface area contributed by atoms with Gasteiger partial charge in [0.25, 0.3) is 0 Å². The van der Waals surface area contributed by atoms with Gasteiger partial charge in [0, 0.05) is 5.56 Å². The van der Waals surface area contributed by atoms with Crippen molar-refractivity contribution in [3.63, 3.8) is 0 Å². The summed E-state index contributed by atoms with van der Waals surface area (Å²) in [6.07, 6.45) is -2.90. The van der Waals surface area contributed by atoms with Crippen molar-refractivity contribution < 1.29 is 17.9 Å². The zero-order valence-electron chi connectivity index (χ0n) is 10.9. The zero-order chi connectivity index (χ0) is 15.0. The number of halogens is 3. The van der Waals surface area contributed by atoms with Crippen LogP contribution in [0, 0.1) is 0 Å². The molecule has 0 atom stereocenters. The molecule has 0 saturated carbocycles. The molecule has 0 amide bonds. The Morgan fingerprint density at radius 3 is 2.57 bits per heavy atom. The fraction of sp³-hybridized carbons (Fsp3) is 0.143. The normalized spacial score (nSPS) is 11.8. The Morgan fingerprint density at radius 2 is 1.86 bits per heavy atom. The molecule has 4 nitrogen and oxygen atoms in total. The van der Waals surface area contributed by atoms with E-state index in [9.17, 15) is 13.2 Å². The average molecular weight is 293 g/mol. The van der Waals surface area contributed by atoms with Crippen LogP contribution < -0.4 is 4.74 Å². The third-order valence-electron chi connectivity index (χ3n) is 3.01. The van der Waals surface area contributed by atoms with Gasteiger partial charge in [-0.25, -0.2) is 9.50 Å². The summed E-state index contributed by atoms with van der Waals surface area (Å²) in [5.41, 5.74) is -0.358. The smallest absolute Gasteiger partial charge is 0.417 e. The average Bonchev–Trinajstić information content (AvgIpc) is 2.89. The lowest BCUT2D eigenvalue weighted by Crippen LogP contribution is -2.07. The second-order valence-corrected chi connectivity index (χ2v) is 4.35. The highest BCUT2D eigenvalue weighted by atomic mass is 19.4.